The normalized spacial score (nSPS) is 25.8. The number of amides is 4. The molecule has 0 atom stereocenters. The highest BCUT2D eigenvalue weighted by Gasteiger charge is 2.54. The van der Waals surface area contributed by atoms with E-state index < -0.39 is 5.54 Å². The summed E-state index contributed by atoms with van der Waals surface area (Å²) in [6, 6.07) is -0.312. The first-order valence-electron chi connectivity index (χ1n) is 12.5. The van der Waals surface area contributed by atoms with Crippen LogP contribution in [0.5, 0.6) is 0 Å². The van der Waals surface area contributed by atoms with Crippen molar-refractivity contribution >= 4 is 17.8 Å². The van der Waals surface area contributed by atoms with E-state index in [4.69, 9.17) is 0 Å². The Bertz CT molecular complexity index is 672. The standard InChI is InChI=1S/C24H40N4O3/c1-18(2)17-26-15-11-24(12-16-26)22(30)28(23(31)25-24)20-9-13-27(14-10-20)21(29)8-7-19-5-3-4-6-19/h18-20H,3-17H2,1-2H3,(H,25,31). The van der Waals surface area contributed by atoms with Gasteiger partial charge in [0, 0.05) is 45.2 Å². The van der Waals surface area contributed by atoms with Crippen molar-refractivity contribution in [2.75, 3.05) is 32.7 Å². The van der Waals surface area contributed by atoms with E-state index in [9.17, 15) is 14.4 Å². The van der Waals surface area contributed by atoms with Gasteiger partial charge in [0.05, 0.1) is 0 Å². The fourth-order valence-electron chi connectivity index (χ4n) is 6.10. The summed E-state index contributed by atoms with van der Waals surface area (Å²) >= 11 is 0. The van der Waals surface area contributed by atoms with Crippen molar-refractivity contribution in [3.63, 3.8) is 0 Å². The van der Waals surface area contributed by atoms with Gasteiger partial charge >= 0.3 is 6.03 Å². The lowest BCUT2D eigenvalue weighted by molar-refractivity contribution is -0.136. The molecule has 7 nitrogen and oxygen atoms in total. The van der Waals surface area contributed by atoms with Gasteiger partial charge in [-0.3, -0.25) is 14.5 Å². The largest absolute Gasteiger partial charge is 0.343 e. The van der Waals surface area contributed by atoms with Crippen LogP contribution in [0.3, 0.4) is 0 Å². The minimum Gasteiger partial charge on any atom is -0.343 e. The smallest absolute Gasteiger partial charge is 0.325 e. The van der Waals surface area contributed by atoms with Crippen molar-refractivity contribution in [1.29, 1.82) is 0 Å². The SMILES string of the molecule is CC(C)CN1CCC2(CC1)NC(=O)N(C1CCN(C(=O)CCC3CCCC3)CC1)C2=O. The van der Waals surface area contributed by atoms with Crippen LogP contribution in [0.25, 0.3) is 0 Å². The van der Waals surface area contributed by atoms with E-state index in [1.165, 1.54) is 30.6 Å². The summed E-state index contributed by atoms with van der Waals surface area (Å²) in [5.74, 6) is 1.55. The molecule has 174 valence electrons. The molecule has 3 saturated heterocycles. The van der Waals surface area contributed by atoms with Crippen LogP contribution in [0.15, 0.2) is 0 Å². The van der Waals surface area contributed by atoms with E-state index in [-0.39, 0.29) is 23.9 Å². The second kappa shape index (κ2) is 9.47. The van der Waals surface area contributed by atoms with Crippen molar-refractivity contribution < 1.29 is 14.4 Å². The number of hydrogen-bond donors (Lipinski definition) is 1. The first kappa shape index (κ1) is 22.6. The lowest BCUT2D eigenvalue weighted by Gasteiger charge is -2.39. The van der Waals surface area contributed by atoms with Crippen LogP contribution in [-0.4, -0.2) is 76.8 Å². The van der Waals surface area contributed by atoms with E-state index in [2.05, 4.69) is 24.1 Å². The molecule has 3 heterocycles. The van der Waals surface area contributed by atoms with E-state index in [0.29, 0.717) is 51.1 Å². The first-order chi connectivity index (χ1) is 14.9. The van der Waals surface area contributed by atoms with E-state index in [1.54, 1.807) is 0 Å². The number of rotatable bonds is 6. The average Bonchev–Trinajstić information content (AvgIpc) is 3.35. The van der Waals surface area contributed by atoms with Gasteiger partial charge in [-0.05, 0) is 43.9 Å². The molecule has 1 saturated carbocycles. The molecule has 0 aromatic heterocycles. The number of nitrogens with one attached hydrogen (secondary N) is 1. The molecule has 4 rings (SSSR count). The van der Waals surface area contributed by atoms with Gasteiger partial charge in [0.1, 0.15) is 5.54 Å². The molecule has 1 aliphatic carbocycles. The molecule has 4 fully saturated rings. The first-order valence-corrected chi connectivity index (χ1v) is 12.5. The topological polar surface area (TPSA) is 73.0 Å². The van der Waals surface area contributed by atoms with Crippen molar-refractivity contribution in [3.05, 3.63) is 0 Å². The summed E-state index contributed by atoms with van der Waals surface area (Å²) in [6.07, 6.45) is 9.63. The maximum Gasteiger partial charge on any atom is 0.325 e. The Morgan fingerprint density at radius 2 is 1.68 bits per heavy atom. The highest BCUT2D eigenvalue weighted by Crippen LogP contribution is 2.33. The van der Waals surface area contributed by atoms with Crippen molar-refractivity contribution in [1.82, 2.24) is 20.0 Å². The highest BCUT2D eigenvalue weighted by molar-refractivity contribution is 6.07. The third kappa shape index (κ3) is 4.91. The molecule has 1 spiro atoms. The summed E-state index contributed by atoms with van der Waals surface area (Å²) in [4.78, 5) is 44.6. The summed E-state index contributed by atoms with van der Waals surface area (Å²) in [5.41, 5.74) is -0.710. The second-order valence-corrected chi connectivity index (χ2v) is 10.7. The molecule has 4 aliphatic rings. The Morgan fingerprint density at radius 1 is 1.03 bits per heavy atom. The Balaban J connectivity index is 1.27. The average molecular weight is 433 g/mol. The predicted molar refractivity (Wildman–Crippen MR) is 119 cm³/mol. The third-order valence-electron chi connectivity index (χ3n) is 7.95. The van der Waals surface area contributed by atoms with Crippen molar-refractivity contribution in [2.24, 2.45) is 11.8 Å². The molecule has 1 N–H and O–H groups in total. The van der Waals surface area contributed by atoms with Gasteiger partial charge in [-0.2, -0.15) is 0 Å². The number of likely N-dealkylation sites (tertiary alicyclic amines) is 2. The minimum absolute atomic E-state index is 0.0345. The van der Waals surface area contributed by atoms with Crippen LogP contribution in [-0.2, 0) is 9.59 Å². The van der Waals surface area contributed by atoms with E-state index in [1.807, 2.05) is 4.90 Å². The van der Waals surface area contributed by atoms with Gasteiger partial charge in [0.2, 0.25) is 5.91 Å². The summed E-state index contributed by atoms with van der Waals surface area (Å²) in [6.45, 7) is 8.47. The zero-order valence-electron chi connectivity index (χ0n) is 19.4. The number of nitrogens with zero attached hydrogens (tertiary/aromatic N) is 3. The summed E-state index contributed by atoms with van der Waals surface area (Å²) in [5, 5.41) is 3.06. The second-order valence-electron chi connectivity index (χ2n) is 10.7. The highest BCUT2D eigenvalue weighted by atomic mass is 16.2. The zero-order chi connectivity index (χ0) is 22.0. The van der Waals surface area contributed by atoms with Gasteiger partial charge in [-0.15, -0.1) is 0 Å². The molecule has 31 heavy (non-hydrogen) atoms. The van der Waals surface area contributed by atoms with Gasteiger partial charge in [-0.25, -0.2) is 4.79 Å². The maximum atomic E-state index is 13.3. The maximum absolute atomic E-state index is 13.3. The predicted octanol–water partition coefficient (Wildman–Crippen LogP) is 2.99. The number of carbonyl (C=O) groups excluding carboxylic acids is 3. The number of hydrogen-bond acceptors (Lipinski definition) is 4. The molecule has 3 aliphatic heterocycles. The van der Waals surface area contributed by atoms with Crippen LogP contribution >= 0.6 is 0 Å². The molecule has 0 radical (unpaired) electrons. The molecule has 7 heteroatoms. The Morgan fingerprint density at radius 3 is 2.29 bits per heavy atom. The third-order valence-corrected chi connectivity index (χ3v) is 7.95. The molecule has 0 aromatic carbocycles. The fraction of sp³-hybridized carbons (Fsp3) is 0.875. The summed E-state index contributed by atoms with van der Waals surface area (Å²) < 4.78 is 0. The lowest BCUT2D eigenvalue weighted by atomic mass is 9.86. The molecule has 4 amide bonds. The van der Waals surface area contributed by atoms with Gasteiger partial charge < -0.3 is 15.1 Å². The van der Waals surface area contributed by atoms with Crippen LogP contribution in [0, 0.1) is 11.8 Å². The van der Waals surface area contributed by atoms with Gasteiger partial charge in [0.15, 0.2) is 0 Å². The fourth-order valence-corrected chi connectivity index (χ4v) is 6.10. The van der Waals surface area contributed by atoms with Gasteiger partial charge in [0.25, 0.3) is 5.91 Å². The summed E-state index contributed by atoms with van der Waals surface area (Å²) in [7, 11) is 0. The number of piperidine rings is 2. The van der Waals surface area contributed by atoms with Crippen molar-refractivity contribution in [3.8, 4) is 0 Å². The molecule has 0 unspecified atom stereocenters. The Labute approximate surface area is 186 Å². The molecule has 0 bridgehead atoms. The molecular weight excluding hydrogens is 392 g/mol. The Hall–Kier alpha value is -1.63. The van der Waals surface area contributed by atoms with Crippen LogP contribution in [0.4, 0.5) is 4.79 Å². The van der Waals surface area contributed by atoms with Crippen LogP contribution in [0.1, 0.15) is 78.1 Å². The Kier molecular flexibility index (Phi) is 6.89. The van der Waals surface area contributed by atoms with Crippen LogP contribution < -0.4 is 5.32 Å². The minimum atomic E-state index is -0.710. The number of carbonyl (C=O) groups is 3. The lowest BCUT2D eigenvalue weighted by Crippen LogP contribution is -2.56. The number of imide groups is 1. The van der Waals surface area contributed by atoms with Gasteiger partial charge in [-0.1, -0.05) is 39.5 Å². The van der Waals surface area contributed by atoms with Crippen LogP contribution in [0.2, 0.25) is 0 Å². The molecular formula is C24H40N4O3. The van der Waals surface area contributed by atoms with E-state index >= 15 is 0 Å². The zero-order valence-corrected chi connectivity index (χ0v) is 19.4. The van der Waals surface area contributed by atoms with Crippen molar-refractivity contribution in [2.45, 2.75) is 89.6 Å². The quantitative estimate of drug-likeness (QED) is 0.655. The molecule has 0 aromatic rings. The monoisotopic (exact) mass is 432 g/mol. The number of urea groups is 1. The van der Waals surface area contributed by atoms with E-state index in [0.717, 1.165) is 32.0 Å².